The van der Waals surface area contributed by atoms with Crippen LogP contribution in [0.1, 0.15) is 21.7 Å². The summed E-state index contributed by atoms with van der Waals surface area (Å²) in [5, 5.41) is 6.71. The van der Waals surface area contributed by atoms with Crippen LogP contribution in [0.2, 0.25) is 0 Å². The summed E-state index contributed by atoms with van der Waals surface area (Å²) >= 11 is 0. The lowest BCUT2D eigenvalue weighted by molar-refractivity contribution is 0.0994. The van der Waals surface area contributed by atoms with Gasteiger partial charge in [0.15, 0.2) is 11.3 Å². The van der Waals surface area contributed by atoms with Gasteiger partial charge >= 0.3 is 0 Å². The number of primary amides is 1. The van der Waals surface area contributed by atoms with Crippen LogP contribution < -0.4 is 15.8 Å². The molecular weight excluding hydrogens is 366 g/mol. The standard InChI is InChI=1S/C22H21N5O2/c23-21(28)20-19(25-22-17-10-12-24-13-11-18(17)26-27(20)22)14-6-8-16(9-7-14)29-15-4-2-1-3-5-15/h1-9,24,26H,10-13H2,(H2,23,28). The van der Waals surface area contributed by atoms with E-state index in [0.29, 0.717) is 17.1 Å². The lowest BCUT2D eigenvalue weighted by Gasteiger charge is -2.06. The molecule has 1 amide bonds. The molecule has 7 heteroatoms. The molecule has 0 saturated heterocycles. The van der Waals surface area contributed by atoms with Gasteiger partial charge in [-0.3, -0.25) is 9.89 Å². The van der Waals surface area contributed by atoms with E-state index in [-0.39, 0.29) is 0 Å². The lowest BCUT2D eigenvalue weighted by atomic mass is 10.1. The molecule has 4 N–H and O–H groups in total. The van der Waals surface area contributed by atoms with E-state index in [9.17, 15) is 4.79 Å². The highest BCUT2D eigenvalue weighted by Crippen LogP contribution is 2.30. The molecule has 1 aliphatic rings. The number of H-pyrrole nitrogens is 1. The number of aromatic nitrogens is 3. The monoisotopic (exact) mass is 387 g/mol. The van der Waals surface area contributed by atoms with E-state index in [2.05, 4.69) is 10.4 Å². The van der Waals surface area contributed by atoms with Gasteiger partial charge in [0.05, 0.1) is 0 Å². The van der Waals surface area contributed by atoms with Gasteiger partial charge in [-0.05, 0) is 49.4 Å². The average Bonchev–Trinajstić information content (AvgIpc) is 3.16. The first-order valence-corrected chi connectivity index (χ1v) is 9.67. The molecule has 0 bridgehead atoms. The molecule has 5 rings (SSSR count). The van der Waals surface area contributed by atoms with Crippen molar-refractivity contribution in [1.82, 2.24) is 19.9 Å². The number of fused-ring (bicyclic) bond motifs is 3. The van der Waals surface area contributed by atoms with Crippen LogP contribution in [0.3, 0.4) is 0 Å². The molecule has 0 saturated carbocycles. The smallest absolute Gasteiger partial charge is 0.269 e. The Morgan fingerprint density at radius 3 is 2.48 bits per heavy atom. The number of nitrogens with zero attached hydrogens (tertiary/aromatic N) is 2. The van der Waals surface area contributed by atoms with E-state index in [1.807, 2.05) is 54.6 Å². The van der Waals surface area contributed by atoms with E-state index in [4.69, 9.17) is 15.5 Å². The maximum atomic E-state index is 12.3. The summed E-state index contributed by atoms with van der Waals surface area (Å²) in [4.78, 5) is 17.1. The second-order valence-corrected chi connectivity index (χ2v) is 7.09. The van der Waals surface area contributed by atoms with Crippen LogP contribution in [0, 0.1) is 0 Å². The largest absolute Gasteiger partial charge is 0.457 e. The normalized spacial score (nSPS) is 13.8. The minimum atomic E-state index is -0.508. The molecule has 146 valence electrons. The fourth-order valence-corrected chi connectivity index (χ4v) is 3.82. The van der Waals surface area contributed by atoms with E-state index >= 15 is 0 Å². The molecular formula is C22H21N5O2. The maximum absolute atomic E-state index is 12.3. The third-order valence-corrected chi connectivity index (χ3v) is 5.20. The van der Waals surface area contributed by atoms with Crippen LogP contribution in [0.5, 0.6) is 11.5 Å². The number of para-hydroxylation sites is 1. The fraction of sp³-hybridized carbons (Fsp3) is 0.182. The number of hydrogen-bond donors (Lipinski definition) is 3. The Balaban J connectivity index is 1.54. The zero-order valence-electron chi connectivity index (χ0n) is 15.8. The van der Waals surface area contributed by atoms with Crippen molar-refractivity contribution >= 4 is 11.6 Å². The summed E-state index contributed by atoms with van der Waals surface area (Å²) in [5.41, 5.74) is 10.5. The fourth-order valence-electron chi connectivity index (χ4n) is 3.82. The van der Waals surface area contributed by atoms with Gasteiger partial charge in [0.1, 0.15) is 17.2 Å². The molecule has 0 spiro atoms. The summed E-state index contributed by atoms with van der Waals surface area (Å²) in [6, 6.07) is 17.1. The van der Waals surface area contributed by atoms with E-state index < -0.39 is 5.91 Å². The minimum Gasteiger partial charge on any atom is -0.457 e. The molecule has 1 aliphatic heterocycles. The second kappa shape index (κ2) is 7.10. The Morgan fingerprint density at radius 2 is 1.72 bits per heavy atom. The first kappa shape index (κ1) is 17.5. The van der Waals surface area contributed by atoms with Crippen molar-refractivity contribution in [2.24, 2.45) is 5.73 Å². The van der Waals surface area contributed by atoms with Crippen LogP contribution in [0.4, 0.5) is 0 Å². The number of nitrogens with two attached hydrogens (primary N) is 1. The van der Waals surface area contributed by atoms with Gasteiger partial charge in [-0.25, -0.2) is 9.50 Å². The predicted molar refractivity (Wildman–Crippen MR) is 110 cm³/mol. The number of carbonyl (C=O) groups excluding carboxylic acids is 1. The quantitative estimate of drug-likeness (QED) is 0.501. The van der Waals surface area contributed by atoms with Gasteiger partial charge in [0.25, 0.3) is 5.91 Å². The average molecular weight is 387 g/mol. The van der Waals surface area contributed by atoms with Crippen molar-refractivity contribution in [3.05, 3.63) is 71.5 Å². The van der Waals surface area contributed by atoms with E-state index in [1.165, 1.54) is 0 Å². The van der Waals surface area contributed by atoms with Gasteiger partial charge in [-0.2, -0.15) is 0 Å². The van der Waals surface area contributed by atoms with Gasteiger partial charge < -0.3 is 15.8 Å². The van der Waals surface area contributed by atoms with Crippen LogP contribution in [0.15, 0.2) is 54.6 Å². The second-order valence-electron chi connectivity index (χ2n) is 7.09. The molecule has 0 fully saturated rings. The minimum absolute atomic E-state index is 0.373. The molecule has 0 unspecified atom stereocenters. The Kier molecular flexibility index (Phi) is 4.29. The molecule has 2 aromatic heterocycles. The molecule has 7 nitrogen and oxygen atoms in total. The highest BCUT2D eigenvalue weighted by atomic mass is 16.5. The summed E-state index contributed by atoms with van der Waals surface area (Å²) in [5.74, 6) is 0.974. The Hall–Kier alpha value is -3.58. The van der Waals surface area contributed by atoms with Gasteiger partial charge in [-0.1, -0.05) is 18.2 Å². The number of hydrogen-bond acceptors (Lipinski definition) is 4. The lowest BCUT2D eigenvalue weighted by Crippen LogP contribution is -2.17. The molecule has 4 aromatic rings. The molecule has 29 heavy (non-hydrogen) atoms. The van der Waals surface area contributed by atoms with Crippen molar-refractivity contribution < 1.29 is 9.53 Å². The SMILES string of the molecule is NC(=O)c1c(-c2ccc(Oc3ccccc3)cc2)nc2c3c([nH]n12)CCNCC3. The van der Waals surface area contributed by atoms with Crippen molar-refractivity contribution in [2.45, 2.75) is 12.8 Å². The number of carbonyl (C=O) groups is 1. The Bertz CT molecular complexity index is 1180. The third-order valence-electron chi connectivity index (χ3n) is 5.20. The molecule has 0 atom stereocenters. The first-order valence-electron chi connectivity index (χ1n) is 9.67. The number of benzene rings is 2. The van der Waals surface area contributed by atoms with Crippen molar-refractivity contribution in [3.63, 3.8) is 0 Å². The maximum Gasteiger partial charge on any atom is 0.269 e. The number of imidazole rings is 1. The number of ether oxygens (including phenoxy) is 1. The van der Waals surface area contributed by atoms with Crippen molar-refractivity contribution in [3.8, 4) is 22.8 Å². The summed E-state index contributed by atoms with van der Waals surface area (Å²) < 4.78 is 7.59. The molecule has 3 heterocycles. The zero-order valence-corrected chi connectivity index (χ0v) is 15.8. The third kappa shape index (κ3) is 3.15. The van der Waals surface area contributed by atoms with Gasteiger partial charge in [0, 0.05) is 29.8 Å². The highest BCUT2D eigenvalue weighted by Gasteiger charge is 2.24. The highest BCUT2D eigenvalue weighted by molar-refractivity contribution is 5.98. The molecule has 0 radical (unpaired) electrons. The van der Waals surface area contributed by atoms with Crippen LogP contribution in [-0.2, 0) is 12.8 Å². The predicted octanol–water partition coefficient (Wildman–Crippen LogP) is 2.91. The van der Waals surface area contributed by atoms with Gasteiger partial charge in [-0.15, -0.1) is 0 Å². The number of amides is 1. The van der Waals surface area contributed by atoms with Crippen LogP contribution in [-0.4, -0.2) is 33.6 Å². The van der Waals surface area contributed by atoms with E-state index in [1.54, 1.807) is 4.52 Å². The topological polar surface area (TPSA) is 97.4 Å². The Morgan fingerprint density at radius 1 is 1.00 bits per heavy atom. The van der Waals surface area contributed by atoms with Gasteiger partial charge in [0.2, 0.25) is 0 Å². The van der Waals surface area contributed by atoms with Crippen molar-refractivity contribution in [2.75, 3.05) is 13.1 Å². The zero-order chi connectivity index (χ0) is 19.8. The first-order chi connectivity index (χ1) is 14.2. The number of nitrogens with one attached hydrogen (secondary N) is 2. The number of rotatable bonds is 4. The van der Waals surface area contributed by atoms with E-state index in [0.717, 1.165) is 54.1 Å². The van der Waals surface area contributed by atoms with Crippen LogP contribution >= 0.6 is 0 Å². The summed E-state index contributed by atoms with van der Waals surface area (Å²) in [6.07, 6.45) is 1.73. The molecule has 0 aliphatic carbocycles. The summed E-state index contributed by atoms with van der Waals surface area (Å²) in [6.45, 7) is 1.79. The Labute approximate surface area is 167 Å². The number of aromatic amines is 1. The van der Waals surface area contributed by atoms with Crippen molar-refractivity contribution in [1.29, 1.82) is 0 Å². The molecule has 2 aromatic carbocycles. The summed E-state index contributed by atoms with van der Waals surface area (Å²) in [7, 11) is 0. The van der Waals surface area contributed by atoms with Crippen LogP contribution in [0.25, 0.3) is 16.9 Å².